The van der Waals surface area contributed by atoms with Crippen LogP contribution in [-0.2, 0) is 11.3 Å². The van der Waals surface area contributed by atoms with Crippen molar-refractivity contribution < 1.29 is 4.74 Å². The second kappa shape index (κ2) is 7.65. The fourth-order valence-corrected chi connectivity index (χ4v) is 3.07. The SMILES string of the molecule is CCN1CCC(C(C)Nc2ccccc2COC)CC1. The lowest BCUT2D eigenvalue weighted by molar-refractivity contribution is 0.181. The molecule has 2 rings (SSSR count). The van der Waals surface area contributed by atoms with E-state index in [2.05, 4.69) is 48.3 Å². The number of hydrogen-bond acceptors (Lipinski definition) is 3. The topological polar surface area (TPSA) is 24.5 Å². The molecule has 1 unspecified atom stereocenters. The van der Waals surface area contributed by atoms with E-state index in [1.54, 1.807) is 7.11 Å². The van der Waals surface area contributed by atoms with Gasteiger partial charge in [0.2, 0.25) is 0 Å². The van der Waals surface area contributed by atoms with Crippen LogP contribution in [0.15, 0.2) is 24.3 Å². The zero-order valence-electron chi connectivity index (χ0n) is 13.1. The first-order chi connectivity index (χ1) is 9.74. The number of likely N-dealkylation sites (tertiary alicyclic amines) is 1. The van der Waals surface area contributed by atoms with Crippen LogP contribution in [0.2, 0.25) is 0 Å². The van der Waals surface area contributed by atoms with Gasteiger partial charge in [0, 0.05) is 24.4 Å². The maximum Gasteiger partial charge on any atom is 0.0733 e. The number of ether oxygens (including phenoxy) is 1. The van der Waals surface area contributed by atoms with Gasteiger partial charge in [0.25, 0.3) is 0 Å². The molecule has 112 valence electrons. The van der Waals surface area contributed by atoms with Crippen LogP contribution >= 0.6 is 0 Å². The maximum absolute atomic E-state index is 5.28. The van der Waals surface area contributed by atoms with Crippen LogP contribution < -0.4 is 5.32 Å². The van der Waals surface area contributed by atoms with Gasteiger partial charge in [0.05, 0.1) is 6.61 Å². The highest BCUT2D eigenvalue weighted by atomic mass is 16.5. The van der Waals surface area contributed by atoms with Gasteiger partial charge in [-0.1, -0.05) is 25.1 Å². The summed E-state index contributed by atoms with van der Waals surface area (Å²) in [6.07, 6.45) is 2.60. The summed E-state index contributed by atoms with van der Waals surface area (Å²) in [5.74, 6) is 0.772. The molecule has 1 N–H and O–H groups in total. The number of benzene rings is 1. The summed E-state index contributed by atoms with van der Waals surface area (Å²) in [5, 5.41) is 3.70. The van der Waals surface area contributed by atoms with Crippen LogP contribution in [-0.4, -0.2) is 37.7 Å². The normalized spacial score (nSPS) is 18.9. The Morgan fingerprint density at radius 3 is 2.65 bits per heavy atom. The maximum atomic E-state index is 5.28. The van der Waals surface area contributed by atoms with Crippen molar-refractivity contribution in [2.45, 2.75) is 39.3 Å². The molecular formula is C17H28N2O. The van der Waals surface area contributed by atoms with Gasteiger partial charge in [0.1, 0.15) is 0 Å². The second-order valence-corrected chi connectivity index (χ2v) is 5.79. The Kier molecular flexibility index (Phi) is 5.86. The molecule has 0 radical (unpaired) electrons. The van der Waals surface area contributed by atoms with Gasteiger partial charge < -0.3 is 15.0 Å². The van der Waals surface area contributed by atoms with Gasteiger partial charge in [-0.25, -0.2) is 0 Å². The standard InChI is InChI=1S/C17H28N2O/c1-4-19-11-9-15(10-12-19)14(2)18-17-8-6-5-7-16(17)13-20-3/h5-8,14-15,18H,4,9-13H2,1-3H3. The van der Waals surface area contributed by atoms with Gasteiger partial charge in [-0.3, -0.25) is 0 Å². The quantitative estimate of drug-likeness (QED) is 0.862. The van der Waals surface area contributed by atoms with Crippen LogP contribution in [0.3, 0.4) is 0 Å². The Hall–Kier alpha value is -1.06. The van der Waals surface area contributed by atoms with Gasteiger partial charge in [-0.15, -0.1) is 0 Å². The molecule has 1 heterocycles. The number of nitrogens with one attached hydrogen (secondary N) is 1. The van der Waals surface area contributed by atoms with Crippen molar-refractivity contribution in [2.24, 2.45) is 5.92 Å². The first-order valence-electron chi connectivity index (χ1n) is 7.80. The predicted octanol–water partition coefficient (Wildman–Crippen LogP) is 3.37. The minimum atomic E-state index is 0.520. The third kappa shape index (κ3) is 3.97. The fraction of sp³-hybridized carbons (Fsp3) is 0.647. The first-order valence-corrected chi connectivity index (χ1v) is 7.80. The van der Waals surface area contributed by atoms with E-state index in [0.717, 1.165) is 5.92 Å². The summed E-state index contributed by atoms with van der Waals surface area (Å²) < 4.78 is 5.28. The number of para-hydroxylation sites is 1. The lowest BCUT2D eigenvalue weighted by Gasteiger charge is -2.35. The summed E-state index contributed by atoms with van der Waals surface area (Å²) in [6.45, 7) is 8.91. The highest BCUT2D eigenvalue weighted by Crippen LogP contribution is 2.25. The molecule has 1 aromatic rings. The van der Waals surface area contributed by atoms with E-state index in [4.69, 9.17) is 4.74 Å². The third-order valence-corrected chi connectivity index (χ3v) is 4.49. The van der Waals surface area contributed by atoms with Gasteiger partial charge in [0.15, 0.2) is 0 Å². The van der Waals surface area contributed by atoms with E-state index in [0.29, 0.717) is 12.6 Å². The molecule has 3 heteroatoms. The summed E-state index contributed by atoms with van der Waals surface area (Å²) >= 11 is 0. The summed E-state index contributed by atoms with van der Waals surface area (Å²) in [4.78, 5) is 2.54. The van der Waals surface area contributed by atoms with Crippen LogP contribution in [0.1, 0.15) is 32.3 Å². The van der Waals surface area contributed by atoms with E-state index >= 15 is 0 Å². The van der Waals surface area contributed by atoms with E-state index in [9.17, 15) is 0 Å². The molecule has 1 atom stereocenters. The van der Waals surface area contributed by atoms with Crippen molar-refractivity contribution in [1.29, 1.82) is 0 Å². The molecule has 1 aliphatic rings. The van der Waals surface area contributed by atoms with Crippen LogP contribution in [0.5, 0.6) is 0 Å². The zero-order chi connectivity index (χ0) is 14.4. The van der Waals surface area contributed by atoms with Crippen molar-refractivity contribution in [1.82, 2.24) is 4.90 Å². The number of rotatable bonds is 6. The molecule has 0 amide bonds. The minimum Gasteiger partial charge on any atom is -0.382 e. The molecule has 1 aromatic carbocycles. The number of anilines is 1. The lowest BCUT2D eigenvalue weighted by atomic mass is 9.90. The van der Waals surface area contributed by atoms with E-state index < -0.39 is 0 Å². The molecular weight excluding hydrogens is 248 g/mol. The highest BCUT2D eigenvalue weighted by molar-refractivity contribution is 5.51. The molecule has 0 aromatic heterocycles. The van der Waals surface area contributed by atoms with Crippen molar-refractivity contribution in [2.75, 3.05) is 32.1 Å². The van der Waals surface area contributed by atoms with Crippen molar-refractivity contribution in [3.63, 3.8) is 0 Å². The summed E-state index contributed by atoms with van der Waals surface area (Å²) in [5.41, 5.74) is 2.47. The highest BCUT2D eigenvalue weighted by Gasteiger charge is 2.23. The Labute approximate surface area is 123 Å². The Balaban J connectivity index is 1.93. The average Bonchev–Trinajstić information content (AvgIpc) is 2.49. The first kappa shape index (κ1) is 15.3. The van der Waals surface area contributed by atoms with Crippen LogP contribution in [0.4, 0.5) is 5.69 Å². The number of piperidine rings is 1. The van der Waals surface area contributed by atoms with Crippen molar-refractivity contribution in [3.8, 4) is 0 Å². The van der Waals surface area contributed by atoms with Gasteiger partial charge >= 0.3 is 0 Å². The Morgan fingerprint density at radius 2 is 2.00 bits per heavy atom. The Morgan fingerprint density at radius 1 is 1.30 bits per heavy atom. The van der Waals surface area contributed by atoms with Crippen LogP contribution in [0.25, 0.3) is 0 Å². The smallest absolute Gasteiger partial charge is 0.0733 e. The fourth-order valence-electron chi connectivity index (χ4n) is 3.07. The molecule has 1 aliphatic heterocycles. The number of methoxy groups -OCH3 is 1. The summed E-state index contributed by atoms with van der Waals surface area (Å²) in [7, 11) is 1.75. The number of hydrogen-bond donors (Lipinski definition) is 1. The summed E-state index contributed by atoms with van der Waals surface area (Å²) in [6, 6.07) is 8.98. The van der Waals surface area contributed by atoms with Crippen molar-refractivity contribution in [3.05, 3.63) is 29.8 Å². The Bertz CT molecular complexity index is 400. The average molecular weight is 276 g/mol. The zero-order valence-corrected chi connectivity index (χ0v) is 13.1. The predicted molar refractivity (Wildman–Crippen MR) is 85.1 cm³/mol. The molecule has 20 heavy (non-hydrogen) atoms. The number of nitrogens with zero attached hydrogens (tertiary/aromatic N) is 1. The molecule has 0 saturated carbocycles. The molecule has 1 fully saturated rings. The molecule has 1 saturated heterocycles. The van der Waals surface area contributed by atoms with E-state index in [-0.39, 0.29) is 0 Å². The molecule has 0 aliphatic carbocycles. The van der Waals surface area contributed by atoms with Gasteiger partial charge in [-0.2, -0.15) is 0 Å². The monoisotopic (exact) mass is 276 g/mol. The van der Waals surface area contributed by atoms with E-state index in [1.165, 1.54) is 43.7 Å². The van der Waals surface area contributed by atoms with E-state index in [1.807, 2.05) is 0 Å². The van der Waals surface area contributed by atoms with Crippen molar-refractivity contribution >= 4 is 5.69 Å². The third-order valence-electron chi connectivity index (χ3n) is 4.49. The molecule has 0 bridgehead atoms. The molecule has 0 spiro atoms. The lowest BCUT2D eigenvalue weighted by Crippen LogP contribution is -2.39. The minimum absolute atomic E-state index is 0.520. The van der Waals surface area contributed by atoms with Crippen LogP contribution in [0, 0.1) is 5.92 Å². The molecule has 3 nitrogen and oxygen atoms in total. The van der Waals surface area contributed by atoms with Gasteiger partial charge in [-0.05, 0) is 51.4 Å². The largest absolute Gasteiger partial charge is 0.382 e. The second-order valence-electron chi connectivity index (χ2n) is 5.79.